The highest BCUT2D eigenvalue weighted by Gasteiger charge is 2.17. The third kappa shape index (κ3) is 5.65. The van der Waals surface area contributed by atoms with Crippen LogP contribution in [0, 0.1) is 13.8 Å². The van der Waals surface area contributed by atoms with Gasteiger partial charge in [-0.3, -0.25) is 9.36 Å². The van der Waals surface area contributed by atoms with E-state index in [1.807, 2.05) is 44.2 Å². The molecular weight excluding hydrogens is 480 g/mol. The van der Waals surface area contributed by atoms with Gasteiger partial charge in [-0.25, -0.2) is 13.1 Å². The molecule has 0 atom stereocenters. The van der Waals surface area contributed by atoms with Crippen molar-refractivity contribution in [3.05, 3.63) is 92.0 Å². The zero-order valence-electron chi connectivity index (χ0n) is 18.2. The Morgan fingerprint density at radius 2 is 1.70 bits per heavy atom. The molecule has 3 aromatic carbocycles. The Hall–Kier alpha value is -2.65. The number of benzene rings is 3. The Kier molecular flexibility index (Phi) is 6.90. The van der Waals surface area contributed by atoms with Gasteiger partial charge in [0.05, 0.1) is 21.7 Å². The van der Waals surface area contributed by atoms with Crippen LogP contribution in [0.25, 0.3) is 10.2 Å². The van der Waals surface area contributed by atoms with Gasteiger partial charge in [0.25, 0.3) is 0 Å². The van der Waals surface area contributed by atoms with Gasteiger partial charge in [0.15, 0.2) is 0 Å². The summed E-state index contributed by atoms with van der Waals surface area (Å²) in [4.78, 5) is 12.5. The van der Waals surface area contributed by atoms with E-state index in [1.54, 1.807) is 22.8 Å². The SMILES string of the molecule is Cc1cc(C)cc(OCCNS(=O)(=O)c2ccc3c(c2)sc(=O)n3Cc2ccc(Cl)cc2)c1. The number of fused-ring (bicyclic) bond motifs is 1. The molecule has 0 saturated carbocycles. The maximum Gasteiger partial charge on any atom is 0.308 e. The molecule has 0 spiro atoms. The predicted molar refractivity (Wildman–Crippen MR) is 133 cm³/mol. The van der Waals surface area contributed by atoms with Crippen molar-refractivity contribution in [1.82, 2.24) is 9.29 Å². The highest BCUT2D eigenvalue weighted by Crippen LogP contribution is 2.23. The summed E-state index contributed by atoms with van der Waals surface area (Å²) in [6.07, 6.45) is 0. The first-order chi connectivity index (χ1) is 15.7. The number of rotatable bonds is 8. The van der Waals surface area contributed by atoms with E-state index in [0.717, 1.165) is 28.0 Å². The Balaban J connectivity index is 1.46. The van der Waals surface area contributed by atoms with E-state index in [2.05, 4.69) is 4.72 Å². The van der Waals surface area contributed by atoms with Crippen LogP contribution in [-0.2, 0) is 16.6 Å². The minimum atomic E-state index is -3.74. The number of halogens is 1. The number of thiazole rings is 1. The molecular formula is C24H23ClN2O4S2. The van der Waals surface area contributed by atoms with Crippen LogP contribution in [0.3, 0.4) is 0 Å². The summed E-state index contributed by atoms with van der Waals surface area (Å²) in [5, 5.41) is 0.628. The molecule has 172 valence electrons. The number of sulfonamides is 1. The minimum Gasteiger partial charge on any atom is -0.492 e. The predicted octanol–water partition coefficient (Wildman–Crippen LogP) is 4.74. The molecule has 9 heteroatoms. The highest BCUT2D eigenvalue weighted by molar-refractivity contribution is 7.89. The second-order valence-corrected chi connectivity index (χ2v) is 11.0. The van der Waals surface area contributed by atoms with Crippen molar-refractivity contribution in [1.29, 1.82) is 0 Å². The van der Waals surface area contributed by atoms with Crippen molar-refractivity contribution in [3.63, 3.8) is 0 Å². The number of nitrogens with zero attached hydrogens (tertiary/aromatic N) is 1. The molecule has 4 aromatic rings. The van der Waals surface area contributed by atoms with Crippen LogP contribution in [0.1, 0.15) is 16.7 Å². The molecule has 6 nitrogen and oxygen atoms in total. The third-order valence-corrected chi connectivity index (χ3v) is 7.71. The van der Waals surface area contributed by atoms with Crippen LogP contribution in [-0.4, -0.2) is 26.1 Å². The molecule has 1 aromatic heterocycles. The number of aromatic nitrogens is 1. The lowest BCUT2D eigenvalue weighted by Gasteiger charge is -2.10. The molecule has 0 bridgehead atoms. The first kappa shape index (κ1) is 23.5. The van der Waals surface area contributed by atoms with Crippen LogP contribution in [0.5, 0.6) is 5.75 Å². The molecule has 33 heavy (non-hydrogen) atoms. The number of nitrogens with one attached hydrogen (secondary N) is 1. The zero-order chi connectivity index (χ0) is 23.6. The van der Waals surface area contributed by atoms with Crippen LogP contribution in [0.2, 0.25) is 5.02 Å². The normalized spacial score (nSPS) is 11.7. The van der Waals surface area contributed by atoms with E-state index in [4.69, 9.17) is 16.3 Å². The van der Waals surface area contributed by atoms with Crippen molar-refractivity contribution >= 4 is 43.2 Å². The molecule has 0 aliphatic rings. The lowest BCUT2D eigenvalue weighted by Crippen LogP contribution is -2.28. The number of ether oxygens (including phenoxy) is 1. The van der Waals surface area contributed by atoms with E-state index in [0.29, 0.717) is 27.5 Å². The van der Waals surface area contributed by atoms with Crippen molar-refractivity contribution in [2.45, 2.75) is 25.3 Å². The molecule has 0 unspecified atom stereocenters. The van der Waals surface area contributed by atoms with E-state index >= 15 is 0 Å². The largest absolute Gasteiger partial charge is 0.492 e. The number of aryl methyl sites for hydroxylation is 2. The van der Waals surface area contributed by atoms with Crippen LogP contribution in [0.4, 0.5) is 0 Å². The maximum absolute atomic E-state index is 12.8. The lowest BCUT2D eigenvalue weighted by molar-refractivity contribution is 0.322. The Bertz CT molecular complexity index is 1440. The van der Waals surface area contributed by atoms with E-state index in [1.165, 1.54) is 12.1 Å². The Labute approximate surface area is 201 Å². The average molecular weight is 503 g/mol. The van der Waals surface area contributed by atoms with Crippen LogP contribution in [0.15, 0.2) is 70.4 Å². The highest BCUT2D eigenvalue weighted by atomic mass is 35.5. The fraction of sp³-hybridized carbons (Fsp3) is 0.208. The Morgan fingerprint density at radius 3 is 2.39 bits per heavy atom. The fourth-order valence-corrected chi connectivity index (χ4v) is 5.75. The van der Waals surface area contributed by atoms with Gasteiger partial charge in [0.1, 0.15) is 12.4 Å². The van der Waals surface area contributed by atoms with Gasteiger partial charge in [-0.2, -0.15) is 0 Å². The van der Waals surface area contributed by atoms with Crippen molar-refractivity contribution in [2.24, 2.45) is 0 Å². The molecule has 0 aliphatic carbocycles. The summed E-state index contributed by atoms with van der Waals surface area (Å²) in [6, 6.07) is 17.9. The quantitative estimate of drug-likeness (QED) is 0.353. The lowest BCUT2D eigenvalue weighted by atomic mass is 10.1. The molecule has 0 radical (unpaired) electrons. The summed E-state index contributed by atoms with van der Waals surface area (Å²) in [5.74, 6) is 0.708. The fourth-order valence-electron chi connectivity index (χ4n) is 3.58. The monoisotopic (exact) mass is 502 g/mol. The summed E-state index contributed by atoms with van der Waals surface area (Å²) in [6.45, 7) is 4.68. The van der Waals surface area contributed by atoms with Crippen LogP contribution < -0.4 is 14.3 Å². The topological polar surface area (TPSA) is 77.4 Å². The first-order valence-corrected chi connectivity index (χ1v) is 13.0. The van der Waals surface area contributed by atoms with Gasteiger partial charge in [-0.1, -0.05) is 41.1 Å². The number of hydrogen-bond donors (Lipinski definition) is 1. The van der Waals surface area contributed by atoms with Crippen molar-refractivity contribution < 1.29 is 13.2 Å². The summed E-state index contributed by atoms with van der Waals surface area (Å²) >= 11 is 6.96. The van der Waals surface area contributed by atoms with Crippen LogP contribution >= 0.6 is 22.9 Å². The van der Waals surface area contributed by atoms with Gasteiger partial charge >= 0.3 is 4.87 Å². The molecule has 1 heterocycles. The first-order valence-electron chi connectivity index (χ1n) is 10.3. The molecule has 0 saturated heterocycles. The van der Waals surface area contributed by atoms with Gasteiger partial charge in [-0.05, 0) is 73.0 Å². The van der Waals surface area contributed by atoms with Gasteiger partial charge < -0.3 is 4.74 Å². The maximum atomic E-state index is 12.8. The summed E-state index contributed by atoms with van der Waals surface area (Å²) < 4.78 is 36.0. The molecule has 1 N–H and O–H groups in total. The van der Waals surface area contributed by atoms with Crippen molar-refractivity contribution in [3.8, 4) is 5.75 Å². The molecule has 4 rings (SSSR count). The Morgan fingerprint density at radius 1 is 1.00 bits per heavy atom. The zero-order valence-corrected chi connectivity index (χ0v) is 20.6. The average Bonchev–Trinajstić information content (AvgIpc) is 3.06. The van der Waals surface area contributed by atoms with E-state index in [9.17, 15) is 13.2 Å². The molecule has 0 fully saturated rings. The second-order valence-electron chi connectivity index (χ2n) is 7.78. The van der Waals surface area contributed by atoms with Crippen molar-refractivity contribution in [2.75, 3.05) is 13.2 Å². The number of hydrogen-bond acceptors (Lipinski definition) is 5. The molecule has 0 aliphatic heterocycles. The molecule has 0 amide bonds. The summed E-state index contributed by atoms with van der Waals surface area (Å²) in [7, 11) is -3.74. The van der Waals surface area contributed by atoms with Gasteiger partial charge in [0, 0.05) is 11.6 Å². The standard InChI is InChI=1S/C24H23ClN2O4S2/c1-16-11-17(2)13-20(12-16)31-10-9-26-33(29,30)21-7-8-22-23(14-21)32-24(28)27(22)15-18-3-5-19(25)6-4-18/h3-8,11-14,26H,9-10,15H2,1-2H3. The smallest absolute Gasteiger partial charge is 0.308 e. The third-order valence-electron chi connectivity index (χ3n) is 5.06. The second kappa shape index (κ2) is 9.69. The van der Waals surface area contributed by atoms with E-state index < -0.39 is 10.0 Å². The van der Waals surface area contributed by atoms with Gasteiger partial charge in [-0.15, -0.1) is 0 Å². The van der Waals surface area contributed by atoms with E-state index in [-0.39, 0.29) is 22.9 Å². The minimum absolute atomic E-state index is 0.112. The summed E-state index contributed by atoms with van der Waals surface area (Å²) in [5.41, 5.74) is 3.79. The van der Waals surface area contributed by atoms with Gasteiger partial charge in [0.2, 0.25) is 10.0 Å².